The van der Waals surface area contributed by atoms with Crippen LogP contribution in [0.1, 0.15) is 53.2 Å². The van der Waals surface area contributed by atoms with Crippen LogP contribution in [0.4, 0.5) is 17.6 Å². The van der Waals surface area contributed by atoms with Gasteiger partial charge in [0.15, 0.2) is 9.84 Å². The Morgan fingerprint density at radius 2 is 1.80 bits per heavy atom. The fourth-order valence-electron chi connectivity index (χ4n) is 4.42. The SMILES string of the molecule is CS(=O)(=O)c1cccc(C(=O)N2CCC[C@@H]2C(=O)N[C@@H](c2ccc(C(F)(F)F)c(F)c2)C2CC2)c1. The molecule has 0 spiro atoms. The molecule has 2 amide bonds. The molecule has 2 atom stereocenters. The van der Waals surface area contributed by atoms with Gasteiger partial charge in [0.2, 0.25) is 5.91 Å². The molecular formula is C24H24F4N2O4S. The zero-order chi connectivity index (χ0) is 25.5. The van der Waals surface area contributed by atoms with E-state index in [4.69, 9.17) is 0 Å². The molecule has 1 saturated carbocycles. The highest BCUT2D eigenvalue weighted by atomic mass is 32.2. The topological polar surface area (TPSA) is 83.6 Å². The van der Waals surface area contributed by atoms with Crippen molar-refractivity contribution >= 4 is 21.7 Å². The summed E-state index contributed by atoms with van der Waals surface area (Å²) >= 11 is 0. The number of amides is 2. The number of likely N-dealkylation sites (tertiary alicyclic amines) is 1. The Morgan fingerprint density at radius 3 is 2.40 bits per heavy atom. The van der Waals surface area contributed by atoms with Crippen molar-refractivity contribution in [3.63, 3.8) is 0 Å². The number of benzene rings is 2. The van der Waals surface area contributed by atoms with E-state index in [-0.39, 0.29) is 21.9 Å². The number of hydrogen-bond acceptors (Lipinski definition) is 4. The summed E-state index contributed by atoms with van der Waals surface area (Å²) in [7, 11) is -3.53. The van der Waals surface area contributed by atoms with Crippen molar-refractivity contribution in [3.05, 3.63) is 65.0 Å². The molecule has 2 aromatic rings. The van der Waals surface area contributed by atoms with Crippen LogP contribution < -0.4 is 5.32 Å². The Bertz CT molecular complexity index is 1260. The second-order valence-electron chi connectivity index (χ2n) is 9.02. The molecule has 0 aromatic heterocycles. The summed E-state index contributed by atoms with van der Waals surface area (Å²) < 4.78 is 76.7. The fourth-order valence-corrected chi connectivity index (χ4v) is 5.08. The van der Waals surface area contributed by atoms with Crippen LogP contribution in [-0.4, -0.2) is 44.0 Å². The fraction of sp³-hybridized carbons (Fsp3) is 0.417. The van der Waals surface area contributed by atoms with Crippen LogP contribution in [0.2, 0.25) is 0 Å². The van der Waals surface area contributed by atoms with Gasteiger partial charge in [-0.25, -0.2) is 12.8 Å². The van der Waals surface area contributed by atoms with Crippen LogP contribution in [0.15, 0.2) is 47.4 Å². The van der Waals surface area contributed by atoms with Crippen LogP contribution in [0.3, 0.4) is 0 Å². The number of alkyl halides is 3. The van der Waals surface area contributed by atoms with Gasteiger partial charge in [-0.1, -0.05) is 12.1 Å². The minimum absolute atomic E-state index is 0.0123. The number of rotatable bonds is 6. The van der Waals surface area contributed by atoms with Crippen molar-refractivity contribution in [3.8, 4) is 0 Å². The highest BCUT2D eigenvalue weighted by molar-refractivity contribution is 7.90. The standard InChI is InChI=1S/C24H24F4N2O4S/c1-35(33,34)17-5-2-4-16(12-17)23(32)30-11-3-6-20(30)22(31)29-21(14-7-8-14)15-9-10-18(19(25)13-15)24(26,27)28/h2,4-5,9-10,12-14,20-21H,3,6-8,11H2,1H3,(H,29,31)/t20-,21-/m1/s1. The van der Waals surface area contributed by atoms with Gasteiger partial charge < -0.3 is 10.2 Å². The lowest BCUT2D eigenvalue weighted by molar-refractivity contribution is -0.140. The maximum Gasteiger partial charge on any atom is 0.419 e. The van der Waals surface area contributed by atoms with E-state index in [0.29, 0.717) is 25.5 Å². The molecule has 4 rings (SSSR count). The highest BCUT2D eigenvalue weighted by Gasteiger charge is 2.40. The molecule has 0 radical (unpaired) electrons. The molecule has 188 valence electrons. The molecular weight excluding hydrogens is 488 g/mol. The van der Waals surface area contributed by atoms with Gasteiger partial charge in [0.05, 0.1) is 16.5 Å². The van der Waals surface area contributed by atoms with Crippen LogP contribution in [0, 0.1) is 11.7 Å². The second kappa shape index (κ2) is 9.25. The summed E-state index contributed by atoms with van der Waals surface area (Å²) in [4.78, 5) is 27.6. The third-order valence-electron chi connectivity index (χ3n) is 6.37. The van der Waals surface area contributed by atoms with Crippen molar-refractivity contribution in [1.82, 2.24) is 10.2 Å². The zero-order valence-electron chi connectivity index (χ0n) is 18.8. The Morgan fingerprint density at radius 1 is 1.09 bits per heavy atom. The average molecular weight is 513 g/mol. The molecule has 2 fully saturated rings. The number of carbonyl (C=O) groups is 2. The largest absolute Gasteiger partial charge is 0.419 e. The first-order chi connectivity index (χ1) is 16.4. The summed E-state index contributed by atoms with van der Waals surface area (Å²) in [5.74, 6) is -2.41. The first-order valence-electron chi connectivity index (χ1n) is 11.1. The summed E-state index contributed by atoms with van der Waals surface area (Å²) in [6.07, 6.45) is -1.39. The van der Waals surface area contributed by atoms with E-state index in [1.165, 1.54) is 35.2 Å². The number of hydrogen-bond donors (Lipinski definition) is 1. The minimum atomic E-state index is -4.82. The van der Waals surface area contributed by atoms with Crippen molar-refractivity contribution < 1.29 is 35.6 Å². The lowest BCUT2D eigenvalue weighted by Gasteiger charge is -2.27. The van der Waals surface area contributed by atoms with Crippen LogP contribution >= 0.6 is 0 Å². The van der Waals surface area contributed by atoms with E-state index in [9.17, 15) is 35.6 Å². The monoisotopic (exact) mass is 512 g/mol. The lowest BCUT2D eigenvalue weighted by Crippen LogP contribution is -2.47. The lowest BCUT2D eigenvalue weighted by atomic mass is 9.99. The molecule has 1 aliphatic carbocycles. The molecule has 6 nitrogen and oxygen atoms in total. The van der Waals surface area contributed by atoms with E-state index in [2.05, 4.69) is 5.32 Å². The van der Waals surface area contributed by atoms with E-state index in [1.807, 2.05) is 0 Å². The first kappa shape index (κ1) is 25.2. The van der Waals surface area contributed by atoms with Crippen molar-refractivity contribution in [2.24, 2.45) is 5.92 Å². The van der Waals surface area contributed by atoms with E-state index in [1.54, 1.807) is 0 Å². The summed E-state index contributed by atoms with van der Waals surface area (Å²) in [6, 6.07) is 6.72. The van der Waals surface area contributed by atoms with Gasteiger partial charge in [0.25, 0.3) is 5.91 Å². The van der Waals surface area contributed by atoms with E-state index < -0.39 is 51.3 Å². The molecule has 11 heteroatoms. The van der Waals surface area contributed by atoms with Gasteiger partial charge in [0.1, 0.15) is 11.9 Å². The normalized spacial score (nSPS) is 19.5. The predicted molar refractivity (Wildman–Crippen MR) is 119 cm³/mol. The number of nitrogens with zero attached hydrogens (tertiary/aromatic N) is 1. The van der Waals surface area contributed by atoms with Gasteiger partial charge in [-0.15, -0.1) is 0 Å². The van der Waals surface area contributed by atoms with E-state index in [0.717, 1.165) is 25.2 Å². The Hall–Kier alpha value is -2.95. The molecule has 1 aliphatic heterocycles. The highest BCUT2D eigenvalue weighted by Crippen LogP contribution is 2.42. The molecule has 2 aliphatic rings. The number of sulfone groups is 1. The quantitative estimate of drug-likeness (QED) is 0.591. The number of nitrogens with one attached hydrogen (secondary N) is 1. The van der Waals surface area contributed by atoms with Crippen LogP contribution in [-0.2, 0) is 20.8 Å². The van der Waals surface area contributed by atoms with Gasteiger partial charge >= 0.3 is 6.18 Å². The second-order valence-corrected chi connectivity index (χ2v) is 11.0. The molecule has 1 N–H and O–H groups in total. The zero-order valence-corrected chi connectivity index (χ0v) is 19.6. The van der Waals surface area contributed by atoms with Gasteiger partial charge in [-0.3, -0.25) is 9.59 Å². The third kappa shape index (κ3) is 5.50. The van der Waals surface area contributed by atoms with Crippen molar-refractivity contribution in [2.75, 3.05) is 12.8 Å². The predicted octanol–water partition coefficient (Wildman–Crippen LogP) is 4.12. The summed E-state index contributed by atoms with van der Waals surface area (Å²) in [6.45, 7) is 0.295. The van der Waals surface area contributed by atoms with E-state index >= 15 is 0 Å². The third-order valence-corrected chi connectivity index (χ3v) is 7.48. The Labute approximate surface area is 200 Å². The van der Waals surface area contributed by atoms with Crippen LogP contribution in [0.25, 0.3) is 0 Å². The number of halogens is 4. The summed E-state index contributed by atoms with van der Waals surface area (Å²) in [5.41, 5.74) is -0.995. The molecule has 0 unspecified atom stereocenters. The van der Waals surface area contributed by atoms with Crippen molar-refractivity contribution in [1.29, 1.82) is 0 Å². The Kier molecular flexibility index (Phi) is 6.65. The maximum atomic E-state index is 14.2. The van der Waals surface area contributed by atoms with Crippen LogP contribution in [0.5, 0.6) is 0 Å². The maximum absolute atomic E-state index is 14.2. The molecule has 2 aromatic carbocycles. The molecule has 35 heavy (non-hydrogen) atoms. The first-order valence-corrected chi connectivity index (χ1v) is 13.0. The minimum Gasteiger partial charge on any atom is -0.347 e. The summed E-state index contributed by atoms with van der Waals surface area (Å²) in [5, 5.41) is 2.82. The Balaban J connectivity index is 1.53. The number of carbonyl (C=O) groups excluding carboxylic acids is 2. The molecule has 0 bridgehead atoms. The molecule has 1 saturated heterocycles. The van der Waals surface area contributed by atoms with Crippen molar-refractivity contribution in [2.45, 2.75) is 48.8 Å². The average Bonchev–Trinajstić information content (AvgIpc) is 3.50. The molecule has 1 heterocycles. The van der Waals surface area contributed by atoms with Gasteiger partial charge in [-0.05, 0) is 67.5 Å². The van der Waals surface area contributed by atoms with Gasteiger partial charge in [0, 0.05) is 18.4 Å². The smallest absolute Gasteiger partial charge is 0.347 e. The van der Waals surface area contributed by atoms with Gasteiger partial charge in [-0.2, -0.15) is 13.2 Å².